The number of aryl methyl sites for hydroxylation is 2. The van der Waals surface area contributed by atoms with Gasteiger partial charge in [-0.3, -0.25) is 9.69 Å². The van der Waals surface area contributed by atoms with Crippen LogP contribution in [0, 0.1) is 0 Å². The number of unbranched alkanes of at least 4 members (excludes halogenated alkanes) is 2. The molecule has 8 nitrogen and oxygen atoms in total. The van der Waals surface area contributed by atoms with Crippen LogP contribution in [0.4, 0.5) is 10.6 Å². The second kappa shape index (κ2) is 12.7. The number of carbonyl (C=O) groups excluding carboxylic acids is 1. The fraction of sp³-hybridized carbons (Fsp3) is 0.519. The number of amides is 1. The van der Waals surface area contributed by atoms with Gasteiger partial charge in [0.15, 0.2) is 0 Å². The predicted octanol–water partition coefficient (Wildman–Crippen LogP) is 3.63. The van der Waals surface area contributed by atoms with Crippen molar-refractivity contribution in [3.05, 3.63) is 59.3 Å². The lowest BCUT2D eigenvalue weighted by Gasteiger charge is -2.26. The molecule has 1 saturated heterocycles. The van der Waals surface area contributed by atoms with Crippen molar-refractivity contribution in [3.63, 3.8) is 0 Å². The van der Waals surface area contributed by atoms with Gasteiger partial charge in [0.2, 0.25) is 0 Å². The standard InChI is InChI=1S/C27H36N4O4/c32-25(35-20-21-8-3-1-4-9-21)18-28-24-14-17-30(19-24)15-6-2-5-11-23-13-12-22-10-7-16-31(27(33)34)26(22)29-23/h1,3-4,8-9,12-13,24,28H,2,5-7,10-11,14-20H2,(H,33,34). The molecule has 1 amide bonds. The molecule has 1 aromatic carbocycles. The molecule has 0 saturated carbocycles. The van der Waals surface area contributed by atoms with Crippen molar-refractivity contribution in [1.29, 1.82) is 0 Å². The highest BCUT2D eigenvalue weighted by Gasteiger charge is 2.24. The fourth-order valence-electron chi connectivity index (χ4n) is 4.84. The van der Waals surface area contributed by atoms with E-state index in [1.54, 1.807) is 0 Å². The molecule has 35 heavy (non-hydrogen) atoms. The minimum absolute atomic E-state index is 0.213. The minimum atomic E-state index is -0.918. The number of rotatable bonds is 11. The van der Waals surface area contributed by atoms with E-state index in [4.69, 9.17) is 4.74 Å². The molecular formula is C27H36N4O4. The second-order valence-corrected chi connectivity index (χ2v) is 9.45. The maximum atomic E-state index is 12.0. The van der Waals surface area contributed by atoms with Gasteiger partial charge in [0.25, 0.3) is 0 Å². The summed E-state index contributed by atoms with van der Waals surface area (Å²) in [5.41, 5.74) is 3.00. The van der Waals surface area contributed by atoms with Crippen LogP contribution in [0.25, 0.3) is 0 Å². The number of aromatic nitrogens is 1. The van der Waals surface area contributed by atoms with Gasteiger partial charge in [-0.25, -0.2) is 9.78 Å². The van der Waals surface area contributed by atoms with Crippen LogP contribution < -0.4 is 10.2 Å². The fourth-order valence-corrected chi connectivity index (χ4v) is 4.84. The Morgan fingerprint density at radius 3 is 2.77 bits per heavy atom. The molecule has 1 unspecified atom stereocenters. The number of ether oxygens (including phenoxy) is 1. The van der Waals surface area contributed by atoms with E-state index < -0.39 is 6.09 Å². The van der Waals surface area contributed by atoms with Crippen molar-refractivity contribution in [1.82, 2.24) is 15.2 Å². The largest absolute Gasteiger partial charge is 0.465 e. The number of likely N-dealkylation sites (tertiary alicyclic amines) is 1. The number of nitrogens with zero attached hydrogens (tertiary/aromatic N) is 3. The van der Waals surface area contributed by atoms with E-state index in [0.717, 1.165) is 81.4 Å². The molecular weight excluding hydrogens is 444 g/mol. The van der Waals surface area contributed by atoms with E-state index in [1.165, 1.54) is 4.90 Å². The third-order valence-corrected chi connectivity index (χ3v) is 6.79. The smallest absolute Gasteiger partial charge is 0.413 e. The summed E-state index contributed by atoms with van der Waals surface area (Å²) in [6, 6.07) is 14.1. The number of carbonyl (C=O) groups is 2. The van der Waals surface area contributed by atoms with Crippen LogP contribution in [0.1, 0.15) is 48.9 Å². The molecule has 2 N–H and O–H groups in total. The molecule has 2 aliphatic rings. The van der Waals surface area contributed by atoms with Crippen molar-refractivity contribution in [2.24, 2.45) is 0 Å². The highest BCUT2D eigenvalue weighted by molar-refractivity contribution is 5.86. The van der Waals surface area contributed by atoms with E-state index >= 15 is 0 Å². The van der Waals surface area contributed by atoms with E-state index in [2.05, 4.69) is 15.2 Å². The SMILES string of the molecule is O=C(CNC1CCN(CCCCCc2ccc3c(n2)N(C(=O)O)CCC3)C1)OCc1ccccc1. The van der Waals surface area contributed by atoms with Gasteiger partial charge >= 0.3 is 12.1 Å². The zero-order valence-electron chi connectivity index (χ0n) is 20.3. The number of benzene rings is 1. The van der Waals surface area contributed by atoms with Gasteiger partial charge in [0.1, 0.15) is 12.4 Å². The average molecular weight is 481 g/mol. The van der Waals surface area contributed by atoms with Crippen LogP contribution in [0.15, 0.2) is 42.5 Å². The highest BCUT2D eigenvalue weighted by Crippen LogP contribution is 2.26. The van der Waals surface area contributed by atoms with E-state index in [0.29, 0.717) is 25.0 Å². The lowest BCUT2D eigenvalue weighted by Crippen LogP contribution is -2.36. The molecule has 2 aromatic rings. The van der Waals surface area contributed by atoms with E-state index in [1.807, 2.05) is 42.5 Å². The summed E-state index contributed by atoms with van der Waals surface area (Å²) in [5, 5.41) is 12.8. The zero-order valence-corrected chi connectivity index (χ0v) is 20.3. The van der Waals surface area contributed by atoms with Gasteiger partial charge in [0.05, 0.1) is 6.54 Å². The van der Waals surface area contributed by atoms with Gasteiger partial charge in [-0.05, 0) is 68.8 Å². The van der Waals surface area contributed by atoms with Gasteiger partial charge in [-0.15, -0.1) is 0 Å². The lowest BCUT2D eigenvalue weighted by atomic mass is 10.0. The number of anilines is 1. The summed E-state index contributed by atoms with van der Waals surface area (Å²) in [7, 11) is 0. The Morgan fingerprint density at radius 1 is 1.09 bits per heavy atom. The Balaban J connectivity index is 1.08. The monoisotopic (exact) mass is 480 g/mol. The molecule has 1 fully saturated rings. The number of pyridine rings is 1. The van der Waals surface area contributed by atoms with Crippen LogP contribution in [0.5, 0.6) is 0 Å². The predicted molar refractivity (Wildman–Crippen MR) is 135 cm³/mol. The molecule has 2 aliphatic heterocycles. The molecule has 4 rings (SSSR count). The third kappa shape index (κ3) is 7.50. The summed E-state index contributed by atoms with van der Waals surface area (Å²) >= 11 is 0. The molecule has 8 heteroatoms. The zero-order chi connectivity index (χ0) is 24.5. The highest BCUT2D eigenvalue weighted by atomic mass is 16.5. The van der Waals surface area contributed by atoms with Crippen molar-refractivity contribution >= 4 is 17.9 Å². The van der Waals surface area contributed by atoms with Crippen LogP contribution in [-0.4, -0.2) is 65.8 Å². The molecule has 0 bridgehead atoms. The van der Waals surface area contributed by atoms with Crippen molar-refractivity contribution in [3.8, 4) is 0 Å². The lowest BCUT2D eigenvalue weighted by molar-refractivity contribution is -0.144. The molecule has 0 spiro atoms. The first kappa shape index (κ1) is 25.1. The molecule has 1 aromatic heterocycles. The summed E-state index contributed by atoms with van der Waals surface area (Å²) in [6.07, 6.45) is 6.03. The topological polar surface area (TPSA) is 95.0 Å². The van der Waals surface area contributed by atoms with Crippen LogP contribution in [0.3, 0.4) is 0 Å². The summed E-state index contributed by atoms with van der Waals surface area (Å²) in [6.45, 7) is 4.16. The molecule has 0 aliphatic carbocycles. The van der Waals surface area contributed by atoms with Crippen molar-refractivity contribution in [2.75, 3.05) is 37.6 Å². The molecule has 1 atom stereocenters. The van der Waals surface area contributed by atoms with E-state index in [9.17, 15) is 14.7 Å². The van der Waals surface area contributed by atoms with Gasteiger partial charge in [-0.2, -0.15) is 0 Å². The Bertz CT molecular complexity index is 984. The maximum absolute atomic E-state index is 12.0. The Hall–Kier alpha value is -2.97. The van der Waals surface area contributed by atoms with Crippen LogP contribution in [-0.2, 0) is 29.0 Å². The Kier molecular flexibility index (Phi) is 9.08. The molecule has 188 valence electrons. The number of hydrogen-bond acceptors (Lipinski definition) is 6. The quantitative estimate of drug-likeness (QED) is 0.375. The number of esters is 1. The summed E-state index contributed by atoms with van der Waals surface area (Å²) < 4.78 is 5.34. The number of hydrogen-bond donors (Lipinski definition) is 2. The van der Waals surface area contributed by atoms with Gasteiger partial charge in [0, 0.05) is 24.8 Å². The number of fused-ring (bicyclic) bond motifs is 1. The Labute approximate surface area is 207 Å². The normalized spacial score (nSPS) is 17.8. The van der Waals surface area contributed by atoms with Crippen LogP contribution >= 0.6 is 0 Å². The average Bonchev–Trinajstić information content (AvgIpc) is 3.34. The van der Waals surface area contributed by atoms with Crippen LogP contribution in [0.2, 0.25) is 0 Å². The Morgan fingerprint density at radius 2 is 1.94 bits per heavy atom. The second-order valence-electron chi connectivity index (χ2n) is 9.45. The minimum Gasteiger partial charge on any atom is -0.465 e. The number of carboxylic acid groups (broad SMARTS) is 1. The summed E-state index contributed by atoms with van der Waals surface area (Å²) in [4.78, 5) is 32.0. The van der Waals surface area contributed by atoms with Gasteiger partial charge < -0.3 is 20.1 Å². The van der Waals surface area contributed by atoms with Crippen molar-refractivity contribution in [2.45, 2.75) is 57.6 Å². The van der Waals surface area contributed by atoms with Crippen molar-refractivity contribution < 1.29 is 19.4 Å². The molecule has 0 radical (unpaired) electrons. The first-order valence-electron chi connectivity index (χ1n) is 12.7. The van der Waals surface area contributed by atoms with Gasteiger partial charge in [-0.1, -0.05) is 42.8 Å². The third-order valence-electron chi connectivity index (χ3n) is 6.79. The molecule has 3 heterocycles. The number of nitrogens with one attached hydrogen (secondary N) is 1. The summed E-state index contributed by atoms with van der Waals surface area (Å²) in [5.74, 6) is 0.412. The maximum Gasteiger partial charge on any atom is 0.413 e. The first-order valence-corrected chi connectivity index (χ1v) is 12.7. The first-order chi connectivity index (χ1) is 17.1. The van der Waals surface area contributed by atoms with E-state index in [-0.39, 0.29) is 12.5 Å².